The highest BCUT2D eigenvalue weighted by Gasteiger charge is 2.21. The standard InChI is InChI=1S/C14H19ClN2O3S/c1-8(16-12(18)6-9-4-2-3-5-9)11-7-10(13(15)21-11)14(19)17-20/h7-9,20H,2-6H2,1H3,(H,16,18)(H,17,19). The minimum Gasteiger partial charge on any atom is -0.349 e. The molecule has 1 unspecified atom stereocenters. The Morgan fingerprint density at radius 1 is 1.48 bits per heavy atom. The van der Waals surface area contributed by atoms with Crippen LogP contribution in [0.4, 0.5) is 0 Å². The Hall–Kier alpha value is -1.11. The third kappa shape index (κ3) is 4.18. The van der Waals surface area contributed by atoms with Gasteiger partial charge in [0.25, 0.3) is 5.91 Å². The smallest absolute Gasteiger partial charge is 0.277 e. The van der Waals surface area contributed by atoms with Gasteiger partial charge in [-0.1, -0.05) is 24.4 Å². The van der Waals surface area contributed by atoms with Crippen LogP contribution in [0.15, 0.2) is 6.07 Å². The van der Waals surface area contributed by atoms with Gasteiger partial charge in [-0.15, -0.1) is 11.3 Å². The number of carbonyl (C=O) groups excluding carboxylic acids is 2. The zero-order chi connectivity index (χ0) is 15.4. The molecule has 0 aliphatic heterocycles. The Balaban J connectivity index is 1.94. The first-order chi connectivity index (χ1) is 10.0. The SMILES string of the molecule is CC(NC(=O)CC1CCCC1)c1cc(C(=O)NO)c(Cl)s1. The molecule has 1 aliphatic carbocycles. The van der Waals surface area contributed by atoms with Crippen molar-refractivity contribution in [3.63, 3.8) is 0 Å². The molecule has 116 valence electrons. The molecular weight excluding hydrogens is 312 g/mol. The normalized spacial score (nSPS) is 16.7. The van der Waals surface area contributed by atoms with Crippen LogP contribution in [0.1, 0.15) is 60.3 Å². The minimum atomic E-state index is -0.646. The maximum atomic E-state index is 12.0. The maximum Gasteiger partial charge on any atom is 0.277 e. The van der Waals surface area contributed by atoms with Gasteiger partial charge in [0.15, 0.2) is 0 Å². The van der Waals surface area contributed by atoms with Crippen molar-refractivity contribution in [2.24, 2.45) is 5.92 Å². The van der Waals surface area contributed by atoms with Crippen LogP contribution in [-0.4, -0.2) is 17.0 Å². The van der Waals surface area contributed by atoms with Crippen molar-refractivity contribution >= 4 is 34.8 Å². The number of halogens is 1. The van der Waals surface area contributed by atoms with Crippen LogP contribution >= 0.6 is 22.9 Å². The molecule has 2 rings (SSSR count). The van der Waals surface area contributed by atoms with E-state index in [-0.39, 0.29) is 17.5 Å². The summed E-state index contributed by atoms with van der Waals surface area (Å²) in [6.45, 7) is 1.86. The lowest BCUT2D eigenvalue weighted by Gasteiger charge is -2.14. The highest BCUT2D eigenvalue weighted by atomic mass is 35.5. The first kappa shape index (κ1) is 16.3. The Kier molecular flexibility index (Phi) is 5.61. The number of hydrogen-bond acceptors (Lipinski definition) is 4. The zero-order valence-electron chi connectivity index (χ0n) is 11.8. The first-order valence-corrected chi connectivity index (χ1v) is 8.23. The summed E-state index contributed by atoms with van der Waals surface area (Å²) in [5.74, 6) is -0.112. The topological polar surface area (TPSA) is 78.4 Å². The zero-order valence-corrected chi connectivity index (χ0v) is 13.4. The molecule has 1 atom stereocenters. The van der Waals surface area contributed by atoms with Crippen molar-refractivity contribution in [3.8, 4) is 0 Å². The van der Waals surface area contributed by atoms with Crippen LogP contribution in [0, 0.1) is 5.92 Å². The Morgan fingerprint density at radius 2 is 2.14 bits per heavy atom. The average molecular weight is 331 g/mol. The van der Waals surface area contributed by atoms with Crippen LogP contribution in [0.5, 0.6) is 0 Å². The Labute approximate surface area is 132 Å². The quantitative estimate of drug-likeness (QED) is 0.572. The number of thiophene rings is 1. The van der Waals surface area contributed by atoms with Gasteiger partial charge in [0.1, 0.15) is 4.34 Å². The van der Waals surface area contributed by atoms with Crippen LogP contribution < -0.4 is 10.8 Å². The molecule has 3 N–H and O–H groups in total. The maximum absolute atomic E-state index is 12.0. The Bertz CT molecular complexity index is 526. The minimum absolute atomic E-state index is 0.0343. The van der Waals surface area contributed by atoms with E-state index in [0.717, 1.165) is 17.7 Å². The molecule has 0 spiro atoms. The van der Waals surface area contributed by atoms with E-state index < -0.39 is 5.91 Å². The number of hydrogen-bond donors (Lipinski definition) is 3. The second-order valence-corrected chi connectivity index (χ2v) is 7.11. The van der Waals surface area contributed by atoms with Crippen LogP contribution in [-0.2, 0) is 4.79 Å². The monoisotopic (exact) mass is 330 g/mol. The van der Waals surface area contributed by atoms with Crippen LogP contribution in [0.3, 0.4) is 0 Å². The average Bonchev–Trinajstić information content (AvgIpc) is 3.07. The lowest BCUT2D eigenvalue weighted by molar-refractivity contribution is -0.122. The van der Waals surface area contributed by atoms with E-state index in [0.29, 0.717) is 16.7 Å². The molecule has 0 radical (unpaired) electrons. The third-order valence-corrected chi connectivity index (χ3v) is 5.35. The van der Waals surface area contributed by atoms with E-state index in [1.54, 1.807) is 11.5 Å². The van der Waals surface area contributed by atoms with E-state index in [1.807, 2.05) is 6.92 Å². The number of amides is 2. The fourth-order valence-corrected chi connectivity index (χ4v) is 3.95. The van der Waals surface area contributed by atoms with E-state index in [2.05, 4.69) is 5.32 Å². The molecular formula is C14H19ClN2O3S. The van der Waals surface area contributed by atoms with Crippen molar-refractivity contribution in [2.75, 3.05) is 0 Å². The third-order valence-electron chi connectivity index (χ3n) is 3.81. The summed E-state index contributed by atoms with van der Waals surface area (Å²) in [5, 5.41) is 11.6. The molecule has 1 saturated carbocycles. The molecule has 0 bridgehead atoms. The summed E-state index contributed by atoms with van der Waals surface area (Å²) >= 11 is 7.20. The molecule has 1 aromatic rings. The predicted octanol–water partition coefficient (Wildman–Crippen LogP) is 3.28. The lowest BCUT2D eigenvalue weighted by Crippen LogP contribution is -2.27. The second kappa shape index (κ2) is 7.24. The number of rotatable bonds is 5. The number of hydroxylamine groups is 1. The van der Waals surface area contributed by atoms with E-state index >= 15 is 0 Å². The number of nitrogens with one attached hydrogen (secondary N) is 2. The fourth-order valence-electron chi connectivity index (χ4n) is 2.66. The largest absolute Gasteiger partial charge is 0.349 e. The van der Waals surface area contributed by atoms with Gasteiger partial charge in [-0.3, -0.25) is 14.8 Å². The summed E-state index contributed by atoms with van der Waals surface area (Å²) in [4.78, 5) is 24.2. The second-order valence-electron chi connectivity index (χ2n) is 5.42. The summed E-state index contributed by atoms with van der Waals surface area (Å²) < 4.78 is 0.299. The summed E-state index contributed by atoms with van der Waals surface area (Å²) in [7, 11) is 0. The molecule has 21 heavy (non-hydrogen) atoms. The molecule has 1 aromatic heterocycles. The fraction of sp³-hybridized carbons (Fsp3) is 0.571. The van der Waals surface area contributed by atoms with Gasteiger partial charge in [0.2, 0.25) is 5.91 Å². The van der Waals surface area contributed by atoms with Gasteiger partial charge in [0, 0.05) is 11.3 Å². The highest BCUT2D eigenvalue weighted by molar-refractivity contribution is 7.16. The number of carbonyl (C=O) groups is 2. The van der Waals surface area contributed by atoms with E-state index in [1.165, 1.54) is 24.2 Å². The molecule has 1 fully saturated rings. The van der Waals surface area contributed by atoms with Crippen molar-refractivity contribution < 1.29 is 14.8 Å². The van der Waals surface area contributed by atoms with Gasteiger partial charge in [-0.2, -0.15) is 0 Å². The van der Waals surface area contributed by atoms with Gasteiger partial charge in [0.05, 0.1) is 11.6 Å². The van der Waals surface area contributed by atoms with Gasteiger partial charge in [-0.25, -0.2) is 5.48 Å². The highest BCUT2D eigenvalue weighted by Crippen LogP contribution is 2.32. The van der Waals surface area contributed by atoms with Crippen molar-refractivity contribution in [1.29, 1.82) is 0 Å². The molecule has 1 heterocycles. The van der Waals surface area contributed by atoms with Gasteiger partial charge in [-0.05, 0) is 31.7 Å². The molecule has 0 aromatic carbocycles. The van der Waals surface area contributed by atoms with Crippen LogP contribution in [0.25, 0.3) is 0 Å². The van der Waals surface area contributed by atoms with Gasteiger partial charge < -0.3 is 5.32 Å². The van der Waals surface area contributed by atoms with Crippen molar-refractivity contribution in [3.05, 3.63) is 20.8 Å². The van der Waals surface area contributed by atoms with Crippen molar-refractivity contribution in [2.45, 2.75) is 45.1 Å². The van der Waals surface area contributed by atoms with Gasteiger partial charge >= 0.3 is 0 Å². The predicted molar refractivity (Wildman–Crippen MR) is 81.7 cm³/mol. The first-order valence-electron chi connectivity index (χ1n) is 7.04. The Morgan fingerprint density at radius 3 is 2.76 bits per heavy atom. The molecule has 1 aliphatic rings. The molecule has 2 amide bonds. The molecule has 5 nitrogen and oxygen atoms in total. The summed E-state index contributed by atoms with van der Waals surface area (Å²) in [6, 6.07) is 1.39. The van der Waals surface area contributed by atoms with Crippen LogP contribution in [0.2, 0.25) is 4.34 Å². The van der Waals surface area contributed by atoms with Crippen molar-refractivity contribution in [1.82, 2.24) is 10.8 Å². The van der Waals surface area contributed by atoms with E-state index in [4.69, 9.17) is 16.8 Å². The lowest BCUT2D eigenvalue weighted by atomic mass is 10.0. The summed E-state index contributed by atoms with van der Waals surface area (Å²) in [5.41, 5.74) is 1.78. The summed E-state index contributed by atoms with van der Waals surface area (Å²) in [6.07, 6.45) is 5.26. The molecule has 0 saturated heterocycles. The van der Waals surface area contributed by atoms with E-state index in [9.17, 15) is 9.59 Å². The molecule has 7 heteroatoms.